The maximum absolute atomic E-state index is 11.1. The lowest BCUT2D eigenvalue weighted by Crippen LogP contribution is -2.28. The molecule has 16 heteroatoms. The van der Waals surface area contributed by atoms with Gasteiger partial charge in [0.2, 0.25) is 17.7 Å². The van der Waals surface area contributed by atoms with Crippen molar-refractivity contribution in [3.8, 4) is 0 Å². The summed E-state index contributed by atoms with van der Waals surface area (Å²) in [6.07, 6.45) is -0.315. The lowest BCUT2D eigenvalue weighted by Gasteiger charge is -2.08. The number of benzene rings is 3. The Kier molecular flexibility index (Phi) is 29.5. The van der Waals surface area contributed by atoms with Gasteiger partial charge in [0.15, 0.2) is 0 Å². The van der Waals surface area contributed by atoms with E-state index in [9.17, 15) is 33.6 Å². The van der Waals surface area contributed by atoms with Crippen molar-refractivity contribution in [3.05, 3.63) is 90.5 Å². The molecule has 60 heavy (non-hydrogen) atoms. The second-order valence-corrected chi connectivity index (χ2v) is 13.3. The zero-order chi connectivity index (χ0) is 46.4. The zero-order valence-electron chi connectivity index (χ0n) is 36.2. The summed E-state index contributed by atoms with van der Waals surface area (Å²) in [5.41, 5.74) is 7.37. The number of fused-ring (bicyclic) bond motifs is 2. The number of carboxylic acid groups (broad SMARTS) is 1. The summed E-state index contributed by atoms with van der Waals surface area (Å²) >= 11 is 0. The molecule has 3 aromatic carbocycles. The predicted molar refractivity (Wildman–Crippen MR) is 229 cm³/mol. The van der Waals surface area contributed by atoms with Crippen molar-refractivity contribution in [2.75, 3.05) is 14.1 Å². The van der Waals surface area contributed by atoms with E-state index in [1.807, 2.05) is 82.3 Å². The van der Waals surface area contributed by atoms with Gasteiger partial charge < -0.3 is 35.8 Å². The van der Waals surface area contributed by atoms with Crippen LogP contribution in [0.5, 0.6) is 0 Å². The first-order chi connectivity index (χ1) is 28.0. The van der Waals surface area contributed by atoms with Crippen molar-refractivity contribution in [2.24, 2.45) is 5.73 Å². The summed E-state index contributed by atoms with van der Waals surface area (Å²) in [7, 11) is 3.07. The highest BCUT2D eigenvalue weighted by atomic mass is 16.5. The third kappa shape index (κ3) is 28.2. The third-order valence-electron chi connectivity index (χ3n) is 7.15. The van der Waals surface area contributed by atoms with Crippen LogP contribution in [0.15, 0.2) is 84.9 Å². The number of imide groups is 1. The summed E-state index contributed by atoms with van der Waals surface area (Å²) in [5, 5.41) is 28.9. The second kappa shape index (κ2) is 31.7. The molecule has 1 heterocycles. The van der Waals surface area contributed by atoms with Crippen LogP contribution in [0, 0.1) is 0 Å². The van der Waals surface area contributed by atoms with Crippen LogP contribution >= 0.6 is 0 Å². The number of aliphatic hydroxyl groups is 2. The van der Waals surface area contributed by atoms with Gasteiger partial charge in [0, 0.05) is 57.1 Å². The standard InChI is InChI=1S/C13H9N.C12H22O4.C8H9NO.C5H9NO2.C3H7NO2.C3H6O3/c1-3-7-12-10(5-1)9-11-6-2-4-8-13(11)14-12;1-9(2)15-11(13)7-5-6-8-12(14)16-10(3)4;1-9-8(10)7-5-3-2-4-6-7;1-4(7)6(3)5(2)8;1-2(5)3(4)6;1-2(4)3(5)6/h1-9H;9-10H,5-8H2,1-4H3;2-6H,1H3,(H,9,10);1-3H3;2,5H,1H3,(H2,4,6);2,4H,1H3,(H,5,6). The highest BCUT2D eigenvalue weighted by molar-refractivity contribution is 5.94. The fraction of sp³-hybridized carbons (Fsp3) is 0.409. The number of unbranched alkanes of at least 4 members (excludes halogenated alkanes) is 1. The molecule has 4 aromatic rings. The molecule has 0 radical (unpaired) electrons. The second-order valence-electron chi connectivity index (χ2n) is 13.3. The number of aliphatic carboxylic acids is 1. The number of aliphatic hydroxyl groups excluding tert-OH is 2. The van der Waals surface area contributed by atoms with Gasteiger partial charge in [0.25, 0.3) is 5.91 Å². The Morgan fingerprint density at radius 2 is 1.02 bits per heavy atom. The van der Waals surface area contributed by atoms with Gasteiger partial charge >= 0.3 is 17.9 Å². The maximum atomic E-state index is 11.1. The van der Waals surface area contributed by atoms with Crippen molar-refractivity contribution in [1.29, 1.82) is 0 Å². The van der Waals surface area contributed by atoms with Crippen molar-refractivity contribution in [2.45, 2.75) is 105 Å². The van der Waals surface area contributed by atoms with Crippen LogP contribution in [0.3, 0.4) is 0 Å². The van der Waals surface area contributed by atoms with E-state index in [0.717, 1.165) is 15.9 Å². The molecule has 4 amide bonds. The molecule has 0 aliphatic heterocycles. The number of amides is 4. The maximum Gasteiger partial charge on any atom is 0.332 e. The highest BCUT2D eigenvalue weighted by Gasteiger charge is 2.08. The van der Waals surface area contributed by atoms with Crippen LogP contribution in [0.4, 0.5) is 0 Å². The molecule has 0 fully saturated rings. The Hall–Kier alpha value is -6.26. The molecule has 330 valence electrons. The Morgan fingerprint density at radius 3 is 1.30 bits per heavy atom. The number of ether oxygens (including phenoxy) is 2. The summed E-state index contributed by atoms with van der Waals surface area (Å²) in [6, 6.07) is 27.7. The Bertz CT molecular complexity index is 1750. The highest BCUT2D eigenvalue weighted by Crippen LogP contribution is 2.18. The predicted octanol–water partition coefficient (Wildman–Crippen LogP) is 5.20. The van der Waals surface area contributed by atoms with Gasteiger partial charge in [-0.25, -0.2) is 9.78 Å². The number of hydrogen-bond donors (Lipinski definition) is 5. The zero-order valence-corrected chi connectivity index (χ0v) is 36.2. The lowest BCUT2D eigenvalue weighted by molar-refractivity contribution is -0.149. The summed E-state index contributed by atoms with van der Waals surface area (Å²) in [5.74, 6) is -2.76. The van der Waals surface area contributed by atoms with E-state index in [-0.39, 0.29) is 41.9 Å². The first kappa shape index (κ1) is 55.8. The number of nitrogens with one attached hydrogen (secondary N) is 1. The van der Waals surface area contributed by atoms with Crippen molar-refractivity contribution >= 4 is 63.3 Å². The minimum atomic E-state index is -1.23. The smallest absolute Gasteiger partial charge is 0.332 e. The van der Waals surface area contributed by atoms with Crippen LogP contribution < -0.4 is 11.1 Å². The number of carboxylic acids is 1. The number of nitrogens with zero attached hydrogens (tertiary/aromatic N) is 2. The molecule has 16 nitrogen and oxygen atoms in total. The Labute approximate surface area is 352 Å². The van der Waals surface area contributed by atoms with Crippen molar-refractivity contribution in [3.63, 3.8) is 0 Å². The van der Waals surface area contributed by atoms with Crippen LogP contribution in [0.1, 0.15) is 91.4 Å². The number of para-hydroxylation sites is 2. The van der Waals surface area contributed by atoms with Gasteiger partial charge in [-0.05, 0) is 84.7 Å². The normalized spacial score (nSPS) is 10.7. The molecule has 4 rings (SSSR count). The molecule has 2 atom stereocenters. The number of primary amides is 1. The number of rotatable bonds is 10. The molecule has 2 unspecified atom stereocenters. The molecule has 0 bridgehead atoms. The molecule has 0 aliphatic carbocycles. The first-order valence-electron chi connectivity index (χ1n) is 19.1. The van der Waals surface area contributed by atoms with E-state index in [1.165, 1.54) is 45.5 Å². The number of carbonyl (C=O) groups is 7. The van der Waals surface area contributed by atoms with E-state index < -0.39 is 24.1 Å². The number of carbonyl (C=O) groups excluding carboxylic acids is 6. The first-order valence-corrected chi connectivity index (χ1v) is 19.1. The van der Waals surface area contributed by atoms with Gasteiger partial charge in [0.1, 0.15) is 12.2 Å². The molecule has 0 aliphatic rings. The third-order valence-corrected chi connectivity index (χ3v) is 7.15. The fourth-order valence-electron chi connectivity index (χ4n) is 3.86. The van der Waals surface area contributed by atoms with Gasteiger partial charge in [-0.2, -0.15) is 0 Å². The van der Waals surface area contributed by atoms with Crippen LogP contribution in [0.25, 0.3) is 21.8 Å². The number of aromatic nitrogens is 1. The summed E-state index contributed by atoms with van der Waals surface area (Å²) < 4.78 is 9.93. The van der Waals surface area contributed by atoms with Gasteiger partial charge in [0.05, 0.1) is 23.2 Å². The summed E-state index contributed by atoms with van der Waals surface area (Å²) in [4.78, 5) is 78.5. The number of esters is 2. The molecule has 6 N–H and O–H groups in total. The topological polar surface area (TPSA) is 253 Å². The SMILES string of the molecule is CC(=O)N(C)C(C)=O.CC(C)OC(=O)CCCCC(=O)OC(C)C.CC(O)C(=O)O.CC(O)C(N)=O.CNC(=O)c1ccccc1.c1ccc2nc3ccccc3cc2c1. The van der Waals surface area contributed by atoms with Crippen molar-refractivity contribution < 1.29 is 58.4 Å². The monoisotopic (exact) mass is 838 g/mol. The molecule has 0 saturated carbocycles. The van der Waals surface area contributed by atoms with E-state index in [2.05, 4.69) is 34.2 Å². The van der Waals surface area contributed by atoms with E-state index >= 15 is 0 Å². The number of pyridine rings is 1. The number of nitrogens with two attached hydrogens (primary N) is 1. The van der Waals surface area contributed by atoms with Crippen molar-refractivity contribution in [1.82, 2.24) is 15.2 Å². The Balaban J connectivity index is 0. The van der Waals surface area contributed by atoms with Gasteiger partial charge in [-0.15, -0.1) is 0 Å². The minimum absolute atomic E-state index is 0.0411. The van der Waals surface area contributed by atoms with E-state index in [1.54, 1.807) is 19.2 Å². The quantitative estimate of drug-likeness (QED) is 0.0783. The minimum Gasteiger partial charge on any atom is -0.479 e. The van der Waals surface area contributed by atoms with Gasteiger partial charge in [-0.3, -0.25) is 33.7 Å². The van der Waals surface area contributed by atoms with E-state index in [0.29, 0.717) is 31.2 Å². The molecule has 1 aromatic heterocycles. The molecular weight excluding hydrogens is 776 g/mol. The Morgan fingerprint density at radius 1 is 0.667 bits per heavy atom. The van der Waals surface area contributed by atoms with Gasteiger partial charge in [-0.1, -0.05) is 54.6 Å². The van der Waals surface area contributed by atoms with Crippen LogP contribution in [0.2, 0.25) is 0 Å². The molecule has 0 saturated heterocycles. The molecule has 0 spiro atoms. The largest absolute Gasteiger partial charge is 0.479 e. The van der Waals surface area contributed by atoms with E-state index in [4.69, 9.17) is 24.8 Å². The fourth-order valence-corrected chi connectivity index (χ4v) is 3.86. The lowest BCUT2D eigenvalue weighted by atomic mass is 10.1. The number of hydrogen-bond acceptors (Lipinski definition) is 12. The average Bonchev–Trinajstić information content (AvgIpc) is 3.19. The average molecular weight is 839 g/mol. The van der Waals surface area contributed by atoms with Crippen LogP contribution in [-0.4, -0.2) is 105 Å². The van der Waals surface area contributed by atoms with Crippen LogP contribution in [-0.2, 0) is 38.2 Å². The summed E-state index contributed by atoms with van der Waals surface area (Å²) in [6.45, 7) is 12.5. The molecular formula is C44H62N4O12.